The number of phosphoric ester groups is 1. The van der Waals surface area contributed by atoms with Crippen LogP contribution in [0.5, 0.6) is 23.0 Å². The summed E-state index contributed by atoms with van der Waals surface area (Å²) in [6.45, 7) is 1.71. The molecule has 2 aliphatic heterocycles. The summed E-state index contributed by atoms with van der Waals surface area (Å²) in [4.78, 5) is 69.9. The van der Waals surface area contributed by atoms with Crippen molar-refractivity contribution in [2.75, 3.05) is 27.4 Å². The quantitative estimate of drug-likeness (QED) is 0.0447. The Morgan fingerprint density at radius 3 is 1.09 bits per heavy atom. The highest BCUT2D eigenvalue weighted by atomic mass is 35.7. The molecule has 0 amide bonds. The van der Waals surface area contributed by atoms with Crippen molar-refractivity contribution in [1.29, 1.82) is 0 Å². The second-order valence-electron chi connectivity index (χ2n) is 16.9. The minimum absolute atomic E-state index is 0.0789. The Kier molecular flexibility index (Phi) is 26.9. The molecule has 444 valence electrons. The number of esters is 6. The van der Waals surface area contributed by atoms with Gasteiger partial charge in [0.1, 0.15) is 35.2 Å². The third-order valence-electron chi connectivity index (χ3n) is 10.3. The van der Waals surface area contributed by atoms with Gasteiger partial charge < -0.3 is 70.6 Å². The van der Waals surface area contributed by atoms with Crippen LogP contribution in [0.4, 0.5) is 8.78 Å². The Balaban J connectivity index is 0.000000290. The van der Waals surface area contributed by atoms with E-state index in [1.54, 1.807) is 84.9 Å². The van der Waals surface area contributed by atoms with Crippen LogP contribution in [0.1, 0.15) is 41.5 Å². The van der Waals surface area contributed by atoms with Gasteiger partial charge in [0.05, 0.1) is 13.2 Å². The van der Waals surface area contributed by atoms with Crippen molar-refractivity contribution in [2.45, 2.75) is 115 Å². The van der Waals surface area contributed by atoms with E-state index in [0.29, 0.717) is 11.5 Å². The largest absolute Gasteiger partial charge is 0.590 e. The topological polar surface area (TPSA) is 295 Å². The predicted octanol–water partition coefficient (Wildman–Crippen LogP) is 7.75. The zero-order valence-electron chi connectivity index (χ0n) is 44.8. The summed E-state index contributed by atoms with van der Waals surface area (Å²) in [5.74, 6) is -4.08. The van der Waals surface area contributed by atoms with Gasteiger partial charge in [-0.05, 0) is 48.5 Å². The summed E-state index contributed by atoms with van der Waals surface area (Å²) in [5, 5.41) is 10.0. The van der Waals surface area contributed by atoms with Crippen molar-refractivity contribution >= 4 is 61.8 Å². The first-order valence-electron chi connectivity index (χ1n) is 24.2. The molecule has 0 spiro atoms. The molecule has 0 saturated carbocycles. The molecule has 0 aromatic heterocycles. The van der Waals surface area contributed by atoms with Gasteiger partial charge in [-0.25, -0.2) is 22.4 Å². The molecule has 1 N–H and O–H groups in total. The Labute approximate surface area is 469 Å². The first kappa shape index (κ1) is 66.8. The molecule has 2 aliphatic rings. The fourth-order valence-corrected chi connectivity index (χ4v) is 10.0. The van der Waals surface area contributed by atoms with E-state index < -0.39 is 138 Å². The van der Waals surface area contributed by atoms with Crippen LogP contribution in [-0.4, -0.2) is 142 Å². The lowest BCUT2D eigenvalue weighted by Crippen LogP contribution is -2.64. The van der Waals surface area contributed by atoms with Gasteiger partial charge in [0.2, 0.25) is 6.29 Å². The maximum Gasteiger partial charge on any atom is 0.590 e. The lowest BCUT2D eigenvalue weighted by atomic mass is 9.95. The molecule has 2 saturated heterocycles. The van der Waals surface area contributed by atoms with Crippen LogP contribution in [0.3, 0.4) is 0 Å². The average Bonchev–Trinajstić information content (AvgIpc) is 3.55. The van der Waals surface area contributed by atoms with Crippen molar-refractivity contribution in [1.82, 2.24) is 0 Å². The van der Waals surface area contributed by atoms with Crippen molar-refractivity contribution in [3.8, 4) is 23.0 Å². The van der Waals surface area contributed by atoms with Crippen LogP contribution < -0.4 is 18.1 Å². The number of ether oxygens (including phenoxy) is 10. The molecule has 5 unspecified atom stereocenters. The number of alkyl halides is 2. The first-order chi connectivity index (χ1) is 38.3. The van der Waals surface area contributed by atoms with Gasteiger partial charge >= 0.3 is 50.6 Å². The SMILES string of the molecule is COC[C@H](F)C1OC(O)[C@H](OC(C)=O)C(OC(C)=O)[C@@H]1OC(C)=O.COC[C@H](F)C1O[C@@H](OP(=O)(Oc2ccccc2)Oc2ccccc2)[C@H](OC(C)=O)C(OC(C)=O)[C@@H]1OC(C)=O.O=P(Cl)(Oc1ccccc1)Oc1ccccc1. The molecular weight excluding hydrogens is 1140 g/mol. The minimum Gasteiger partial charge on any atom is -0.456 e. The van der Waals surface area contributed by atoms with E-state index in [1.807, 2.05) is 12.1 Å². The Hall–Kier alpha value is -6.73. The molecule has 12 atom stereocenters. The fourth-order valence-electron chi connectivity index (χ4n) is 7.44. The van der Waals surface area contributed by atoms with Gasteiger partial charge in [-0.1, -0.05) is 72.8 Å². The van der Waals surface area contributed by atoms with Gasteiger partial charge in [0.15, 0.2) is 55.3 Å². The molecule has 2 heterocycles. The van der Waals surface area contributed by atoms with Crippen molar-refractivity contribution < 1.29 is 122 Å². The predicted molar refractivity (Wildman–Crippen MR) is 277 cm³/mol. The molecule has 4 aromatic carbocycles. The van der Waals surface area contributed by atoms with Crippen molar-refractivity contribution in [3.63, 3.8) is 0 Å². The summed E-state index contributed by atoms with van der Waals surface area (Å²) >= 11 is 5.72. The minimum atomic E-state index is -4.71. The smallest absolute Gasteiger partial charge is 0.456 e. The fraction of sp³-hybridized carbons (Fsp3) is 0.423. The Bertz CT molecular complexity index is 2630. The Morgan fingerprint density at radius 2 is 0.753 bits per heavy atom. The zero-order chi connectivity index (χ0) is 59.9. The summed E-state index contributed by atoms with van der Waals surface area (Å²) in [5.41, 5.74) is 0. The molecule has 4 aromatic rings. The van der Waals surface area contributed by atoms with Crippen molar-refractivity contribution in [2.24, 2.45) is 0 Å². The number of phosphoric acid groups is 1. The number of benzene rings is 4. The van der Waals surface area contributed by atoms with E-state index >= 15 is 4.39 Å². The number of carbonyl (C=O) groups is 6. The normalized spacial score (nSPS) is 23.0. The molecule has 29 heteroatoms. The second-order valence-corrected chi connectivity index (χ2v) is 20.9. The van der Waals surface area contributed by atoms with E-state index in [-0.39, 0.29) is 11.5 Å². The number of hydrogen-bond donors (Lipinski definition) is 1. The zero-order valence-corrected chi connectivity index (χ0v) is 47.3. The lowest BCUT2D eigenvalue weighted by molar-refractivity contribution is -0.301. The van der Waals surface area contributed by atoms with E-state index in [1.165, 1.54) is 38.5 Å². The molecule has 0 radical (unpaired) electrons. The van der Waals surface area contributed by atoms with Gasteiger partial charge in [-0.2, -0.15) is 0 Å². The van der Waals surface area contributed by atoms with Crippen LogP contribution in [0.15, 0.2) is 121 Å². The molecule has 6 rings (SSSR count). The van der Waals surface area contributed by atoms with E-state index in [9.17, 15) is 47.4 Å². The monoisotopic (exact) mass is 1200 g/mol. The van der Waals surface area contributed by atoms with Crippen LogP contribution >= 0.6 is 26.0 Å². The summed E-state index contributed by atoms with van der Waals surface area (Å²) in [7, 11) is -2.24. The molecular formula is C52H61ClF2O24P2. The van der Waals surface area contributed by atoms with Gasteiger partial charge in [-0.15, -0.1) is 0 Å². The van der Waals surface area contributed by atoms with E-state index in [2.05, 4.69) is 4.74 Å². The van der Waals surface area contributed by atoms with Gasteiger partial charge in [0.25, 0.3) is 0 Å². The average molecular weight is 1210 g/mol. The second kappa shape index (κ2) is 32.6. The van der Waals surface area contributed by atoms with Gasteiger partial charge in [-0.3, -0.25) is 28.8 Å². The van der Waals surface area contributed by atoms with E-state index in [4.69, 9.17) is 76.5 Å². The third kappa shape index (κ3) is 22.6. The summed E-state index contributed by atoms with van der Waals surface area (Å²) < 4.78 is 134. The van der Waals surface area contributed by atoms with Crippen LogP contribution in [0.25, 0.3) is 0 Å². The van der Waals surface area contributed by atoms with E-state index in [0.717, 1.165) is 41.5 Å². The number of aliphatic hydroxyl groups excluding tert-OH is 1. The Morgan fingerprint density at radius 1 is 0.469 bits per heavy atom. The maximum absolute atomic E-state index is 15.3. The molecule has 24 nitrogen and oxygen atoms in total. The molecule has 0 aliphatic carbocycles. The molecule has 2 fully saturated rings. The number of carbonyl (C=O) groups excluding carboxylic acids is 6. The maximum atomic E-state index is 15.3. The van der Waals surface area contributed by atoms with Gasteiger partial charge in [0, 0.05) is 67.0 Å². The first-order valence-corrected chi connectivity index (χ1v) is 28.1. The number of para-hydroxylation sites is 4. The number of aliphatic hydroxyl groups is 1. The number of hydrogen-bond acceptors (Lipinski definition) is 24. The van der Waals surface area contributed by atoms with Crippen molar-refractivity contribution in [3.05, 3.63) is 121 Å². The number of rotatable bonds is 22. The van der Waals surface area contributed by atoms with Crippen LogP contribution in [-0.2, 0) is 89.8 Å². The summed E-state index contributed by atoms with van der Waals surface area (Å²) in [6, 6.07) is 33.0. The third-order valence-corrected chi connectivity index (χ3v) is 12.9. The highest BCUT2D eigenvalue weighted by Crippen LogP contribution is 2.54. The number of methoxy groups -OCH3 is 2. The molecule has 81 heavy (non-hydrogen) atoms. The van der Waals surface area contributed by atoms with Crippen LogP contribution in [0, 0.1) is 0 Å². The number of halogens is 3. The van der Waals surface area contributed by atoms with Crippen LogP contribution in [0.2, 0.25) is 0 Å². The standard InChI is InChI=1S/C26H30FO12P.C14H21FO9.C12H10ClO3P/c1-16(28)33-23-22(21(27)15-32-4)36-26(25(35-18(3)30)24(23)34-17(2)29)39-40(31,37-19-11-7-5-8-12-19)38-20-13-9-6-10-14-20;1-6(16)21-11-10(9(15)5-20-4)24-14(19)13(23-8(3)18)12(11)22-7(2)17;13-17(14,15-11-7-3-1-4-8-11)16-12-9-5-2-6-10-12/h5-14,21-26H,15H2,1-4H3;9-14,19H,5H2,1-4H3;1-10H/t21-,22?,23+,24?,25+,26-;9-,10?,11+,12?,13+,14?;/m00./s1. The lowest BCUT2D eigenvalue weighted by Gasteiger charge is -2.45. The highest BCUT2D eigenvalue weighted by molar-refractivity contribution is 7.82. The highest BCUT2D eigenvalue weighted by Gasteiger charge is 2.58. The summed E-state index contributed by atoms with van der Waals surface area (Å²) in [6.07, 6.45) is -20.0. The molecule has 0 bridgehead atoms.